The number of para-hydroxylation sites is 1. The summed E-state index contributed by atoms with van der Waals surface area (Å²) < 4.78 is 27.5. The molecule has 1 aromatic carbocycles. The van der Waals surface area contributed by atoms with Gasteiger partial charge in [-0.1, -0.05) is 17.7 Å². The average Bonchev–Trinajstić information content (AvgIpc) is 2.35. The van der Waals surface area contributed by atoms with Crippen molar-refractivity contribution in [2.24, 2.45) is 0 Å². The van der Waals surface area contributed by atoms with E-state index in [0.717, 1.165) is 6.54 Å². The molecule has 0 aliphatic carbocycles. The molecule has 0 spiro atoms. The Labute approximate surface area is 119 Å². The van der Waals surface area contributed by atoms with E-state index >= 15 is 0 Å². The van der Waals surface area contributed by atoms with Gasteiger partial charge in [-0.15, -0.1) is 0 Å². The summed E-state index contributed by atoms with van der Waals surface area (Å²) in [6, 6.07) is 5.11. The van der Waals surface area contributed by atoms with E-state index in [0.29, 0.717) is 28.3 Å². The van der Waals surface area contributed by atoms with Crippen LogP contribution < -0.4 is 15.4 Å². The summed E-state index contributed by atoms with van der Waals surface area (Å²) in [4.78, 5) is 0. The van der Waals surface area contributed by atoms with Crippen molar-refractivity contribution in [1.29, 1.82) is 0 Å². The predicted octanol–water partition coefficient (Wildman–Crippen LogP) is 1.36. The molecule has 8 heteroatoms. The fourth-order valence-electron chi connectivity index (χ4n) is 1.65. The Hall–Kier alpha value is -0.340. The van der Waals surface area contributed by atoms with E-state index in [1.165, 1.54) is 0 Å². The highest BCUT2D eigenvalue weighted by molar-refractivity contribution is 9.10. The molecule has 1 heterocycles. The number of benzene rings is 1. The van der Waals surface area contributed by atoms with E-state index < -0.39 is 15.4 Å². The topological polar surface area (TPSA) is 70.2 Å². The summed E-state index contributed by atoms with van der Waals surface area (Å²) in [7, 11) is -3.52. The molecule has 100 valence electrons. The lowest BCUT2D eigenvalue weighted by molar-refractivity contribution is 0.477. The Morgan fingerprint density at radius 1 is 1.39 bits per heavy atom. The molecule has 1 fully saturated rings. The molecule has 1 atom stereocenters. The normalized spacial score (nSPS) is 20.7. The summed E-state index contributed by atoms with van der Waals surface area (Å²) in [5, 5.41) is 5.68. The van der Waals surface area contributed by atoms with Crippen LogP contribution in [0.25, 0.3) is 0 Å². The van der Waals surface area contributed by atoms with Gasteiger partial charge >= 0.3 is 0 Å². The maximum atomic E-state index is 12.2. The molecule has 0 aromatic heterocycles. The molecule has 3 N–H and O–H groups in total. The number of hydrogen-bond acceptors (Lipinski definition) is 4. The Balaban J connectivity index is 2.22. The second-order valence-corrected chi connectivity index (χ2v) is 7.02. The molecule has 1 aliphatic rings. The van der Waals surface area contributed by atoms with Crippen LogP contribution in [0, 0.1) is 0 Å². The summed E-state index contributed by atoms with van der Waals surface area (Å²) in [5.74, 6) is 0. The SMILES string of the molecule is O=S(=O)(Nc1c(Cl)cccc1Br)C1CNCCN1. The van der Waals surface area contributed by atoms with E-state index in [9.17, 15) is 8.42 Å². The van der Waals surface area contributed by atoms with E-state index in [1.807, 2.05) is 0 Å². The third-order valence-electron chi connectivity index (χ3n) is 2.59. The van der Waals surface area contributed by atoms with Crippen molar-refractivity contribution < 1.29 is 8.42 Å². The lowest BCUT2D eigenvalue weighted by atomic mass is 10.3. The van der Waals surface area contributed by atoms with Gasteiger partial charge in [0.25, 0.3) is 0 Å². The van der Waals surface area contributed by atoms with Gasteiger partial charge in [0.05, 0.1) is 10.7 Å². The zero-order chi connectivity index (χ0) is 13.2. The number of nitrogens with one attached hydrogen (secondary N) is 3. The van der Waals surface area contributed by atoms with Crippen LogP contribution in [0.3, 0.4) is 0 Å². The second kappa shape index (κ2) is 5.75. The molecule has 2 rings (SSSR count). The van der Waals surface area contributed by atoms with Crippen LogP contribution in [-0.4, -0.2) is 33.4 Å². The molecular weight excluding hydrogens is 342 g/mol. The van der Waals surface area contributed by atoms with Gasteiger partial charge in [0.1, 0.15) is 5.37 Å². The first-order valence-corrected chi connectivity index (χ1v) is 8.12. The van der Waals surface area contributed by atoms with Gasteiger partial charge in [-0.2, -0.15) is 0 Å². The van der Waals surface area contributed by atoms with Crippen LogP contribution in [0.1, 0.15) is 0 Å². The number of rotatable bonds is 3. The number of piperazine rings is 1. The average molecular weight is 355 g/mol. The first-order valence-electron chi connectivity index (χ1n) is 5.40. The Morgan fingerprint density at radius 3 is 2.78 bits per heavy atom. The molecule has 0 radical (unpaired) electrons. The smallest absolute Gasteiger partial charge is 0.250 e. The molecule has 1 saturated heterocycles. The van der Waals surface area contributed by atoms with Gasteiger partial charge < -0.3 is 5.32 Å². The van der Waals surface area contributed by atoms with Crippen molar-refractivity contribution in [2.75, 3.05) is 24.4 Å². The highest BCUT2D eigenvalue weighted by Gasteiger charge is 2.27. The molecular formula is C10H13BrClN3O2S. The quantitative estimate of drug-likeness (QED) is 0.766. The van der Waals surface area contributed by atoms with Crippen LogP contribution >= 0.6 is 27.5 Å². The molecule has 0 amide bonds. The first kappa shape index (κ1) is 14.1. The predicted molar refractivity (Wildman–Crippen MR) is 76.4 cm³/mol. The highest BCUT2D eigenvalue weighted by atomic mass is 79.9. The van der Waals surface area contributed by atoms with E-state index in [1.54, 1.807) is 18.2 Å². The summed E-state index contributed by atoms with van der Waals surface area (Å²) in [5.41, 5.74) is 0.367. The molecule has 1 aliphatic heterocycles. The number of sulfonamides is 1. The molecule has 1 aromatic rings. The van der Waals surface area contributed by atoms with Gasteiger partial charge in [-0.05, 0) is 28.1 Å². The van der Waals surface area contributed by atoms with Gasteiger partial charge in [0.15, 0.2) is 0 Å². The van der Waals surface area contributed by atoms with E-state index in [4.69, 9.17) is 11.6 Å². The molecule has 0 bridgehead atoms. The van der Waals surface area contributed by atoms with Crippen LogP contribution in [0.5, 0.6) is 0 Å². The number of halogens is 2. The molecule has 0 saturated carbocycles. The van der Waals surface area contributed by atoms with Crippen molar-refractivity contribution >= 4 is 43.2 Å². The standard InChI is InChI=1S/C10H13BrClN3O2S/c11-7-2-1-3-8(12)10(7)15-18(16,17)9-6-13-4-5-14-9/h1-3,9,13-15H,4-6H2. The molecule has 18 heavy (non-hydrogen) atoms. The van der Waals surface area contributed by atoms with Crippen molar-refractivity contribution in [3.63, 3.8) is 0 Å². The highest BCUT2D eigenvalue weighted by Crippen LogP contribution is 2.31. The third kappa shape index (κ3) is 3.16. The van der Waals surface area contributed by atoms with Gasteiger partial charge in [-0.25, -0.2) is 8.42 Å². The van der Waals surface area contributed by atoms with Gasteiger partial charge in [0, 0.05) is 24.1 Å². The monoisotopic (exact) mass is 353 g/mol. The minimum Gasteiger partial charge on any atom is -0.313 e. The fourth-order valence-corrected chi connectivity index (χ4v) is 3.96. The van der Waals surface area contributed by atoms with Crippen molar-refractivity contribution in [3.8, 4) is 0 Å². The van der Waals surface area contributed by atoms with Crippen LogP contribution in [0.15, 0.2) is 22.7 Å². The molecule has 5 nitrogen and oxygen atoms in total. The summed E-state index contributed by atoms with van der Waals surface area (Å²) in [6.07, 6.45) is 0. The van der Waals surface area contributed by atoms with Crippen molar-refractivity contribution in [3.05, 3.63) is 27.7 Å². The van der Waals surface area contributed by atoms with Crippen LogP contribution in [-0.2, 0) is 10.0 Å². The minimum absolute atomic E-state index is 0.358. The lowest BCUT2D eigenvalue weighted by Gasteiger charge is -2.25. The van der Waals surface area contributed by atoms with Crippen LogP contribution in [0.2, 0.25) is 5.02 Å². The van der Waals surface area contributed by atoms with Gasteiger partial charge in [0.2, 0.25) is 10.0 Å². The summed E-state index contributed by atoms with van der Waals surface area (Å²) >= 11 is 9.26. The molecule has 1 unspecified atom stereocenters. The second-order valence-electron chi connectivity index (χ2n) is 3.89. The Kier molecular flexibility index (Phi) is 4.50. The van der Waals surface area contributed by atoms with Crippen molar-refractivity contribution in [2.45, 2.75) is 5.37 Å². The Bertz CT molecular complexity index is 512. The lowest BCUT2D eigenvalue weighted by Crippen LogP contribution is -2.53. The van der Waals surface area contributed by atoms with E-state index in [2.05, 4.69) is 31.3 Å². The maximum Gasteiger partial charge on any atom is 0.250 e. The fraction of sp³-hybridized carbons (Fsp3) is 0.400. The number of anilines is 1. The van der Waals surface area contributed by atoms with E-state index in [-0.39, 0.29) is 0 Å². The maximum absolute atomic E-state index is 12.2. The summed E-state index contributed by atoms with van der Waals surface area (Å²) in [6.45, 7) is 1.76. The van der Waals surface area contributed by atoms with Crippen molar-refractivity contribution in [1.82, 2.24) is 10.6 Å². The zero-order valence-electron chi connectivity index (χ0n) is 9.41. The minimum atomic E-state index is -3.52. The number of hydrogen-bond donors (Lipinski definition) is 3. The largest absolute Gasteiger partial charge is 0.313 e. The third-order valence-corrected chi connectivity index (χ3v) is 5.13. The van der Waals surface area contributed by atoms with Crippen LogP contribution in [0.4, 0.5) is 5.69 Å². The zero-order valence-corrected chi connectivity index (χ0v) is 12.6. The Morgan fingerprint density at radius 2 is 2.17 bits per heavy atom. The van der Waals surface area contributed by atoms with Gasteiger partial charge in [-0.3, -0.25) is 10.0 Å². The first-order chi connectivity index (χ1) is 8.50.